The van der Waals surface area contributed by atoms with E-state index in [0.29, 0.717) is 35.4 Å². The van der Waals surface area contributed by atoms with Crippen LogP contribution >= 0.6 is 11.8 Å². The highest BCUT2D eigenvalue weighted by Crippen LogP contribution is 2.27. The molecule has 8 nitrogen and oxygen atoms in total. The van der Waals surface area contributed by atoms with Crippen molar-refractivity contribution >= 4 is 39.8 Å². The summed E-state index contributed by atoms with van der Waals surface area (Å²) in [7, 11) is 0. The first-order chi connectivity index (χ1) is 24.3. The molecular weight excluding hydrogens is 645 g/mol. The summed E-state index contributed by atoms with van der Waals surface area (Å²) in [6.07, 6.45) is 5.46. The van der Waals surface area contributed by atoms with Crippen LogP contribution in [0.1, 0.15) is 66.9 Å². The molecule has 1 amide bonds. The normalized spacial score (nSPS) is 11.7. The number of nitrogens with zero attached hydrogens (tertiary/aromatic N) is 3. The molecule has 0 fully saturated rings. The molecular formula is C41H38N4O4S. The summed E-state index contributed by atoms with van der Waals surface area (Å²) >= 11 is 1.18. The Morgan fingerprint density at radius 3 is 2.36 bits per heavy atom. The maximum Gasteiger partial charge on any atom is 0.336 e. The lowest BCUT2D eigenvalue weighted by molar-refractivity contribution is 0.0697. The Bertz CT molecular complexity index is 2130. The van der Waals surface area contributed by atoms with Crippen LogP contribution in [0.25, 0.3) is 22.2 Å². The van der Waals surface area contributed by atoms with Crippen molar-refractivity contribution in [3.8, 4) is 11.1 Å². The number of carbonyl (C=O) groups excluding carboxylic acids is 2. The lowest BCUT2D eigenvalue weighted by Crippen LogP contribution is -2.38. The van der Waals surface area contributed by atoms with Gasteiger partial charge in [0, 0.05) is 48.3 Å². The number of nitrogens with one attached hydrogen (secondary N) is 1. The van der Waals surface area contributed by atoms with E-state index >= 15 is 0 Å². The first-order valence-electron chi connectivity index (χ1n) is 16.6. The van der Waals surface area contributed by atoms with Crippen LogP contribution in [-0.2, 0) is 19.4 Å². The summed E-state index contributed by atoms with van der Waals surface area (Å²) in [5.41, 5.74) is 7.56. The number of aryl methyl sites for hydroxylation is 2. The van der Waals surface area contributed by atoms with Gasteiger partial charge in [-0.05, 0) is 77.9 Å². The van der Waals surface area contributed by atoms with Crippen molar-refractivity contribution in [2.75, 3.05) is 5.75 Å². The molecule has 252 valence electrons. The van der Waals surface area contributed by atoms with Gasteiger partial charge in [-0.25, -0.2) is 9.78 Å². The van der Waals surface area contributed by atoms with Gasteiger partial charge in [0.2, 0.25) is 5.12 Å². The zero-order valence-electron chi connectivity index (χ0n) is 28.0. The molecule has 50 heavy (non-hydrogen) atoms. The zero-order chi connectivity index (χ0) is 35.0. The quantitative estimate of drug-likeness (QED) is 0.127. The van der Waals surface area contributed by atoms with Gasteiger partial charge in [0.15, 0.2) is 0 Å². The molecule has 9 heteroatoms. The van der Waals surface area contributed by atoms with E-state index in [9.17, 15) is 19.5 Å². The maximum absolute atomic E-state index is 13.9. The van der Waals surface area contributed by atoms with E-state index in [1.807, 2.05) is 85.8 Å². The topological polar surface area (TPSA) is 114 Å². The van der Waals surface area contributed by atoms with Gasteiger partial charge < -0.3 is 15.0 Å². The Balaban J connectivity index is 1.27. The zero-order valence-corrected chi connectivity index (χ0v) is 28.8. The van der Waals surface area contributed by atoms with Crippen molar-refractivity contribution in [3.05, 3.63) is 155 Å². The molecule has 0 aliphatic carbocycles. The standard InChI is InChI=1S/C41H38N4O4S/c1-3-10-37-44-38-27(2)21-32(23-36(38)45(37)25-29-16-18-30(19-17-29)34-14-7-8-15-35(34)40(47)48)39(46)43-33(22-28-11-5-4-6-12-28)26-50-41(49)31-13-9-20-42-24-31/h4-9,11-21,23-24,33H,3,10,22,25-26H2,1-2H3,(H,43,46)(H,47,48)/t33-/m1/s1. The predicted molar refractivity (Wildman–Crippen MR) is 199 cm³/mol. The highest BCUT2D eigenvalue weighted by Gasteiger charge is 2.21. The minimum Gasteiger partial charge on any atom is -0.478 e. The molecule has 0 radical (unpaired) electrons. The fourth-order valence-electron chi connectivity index (χ4n) is 6.12. The molecule has 6 aromatic rings. The molecule has 2 heterocycles. The number of benzene rings is 4. The predicted octanol–water partition coefficient (Wildman–Crippen LogP) is 8.02. The Hall–Kier alpha value is -5.54. The van der Waals surface area contributed by atoms with Gasteiger partial charge in [-0.2, -0.15) is 0 Å². The number of fused-ring (bicyclic) bond motifs is 1. The number of carbonyl (C=O) groups is 3. The van der Waals surface area contributed by atoms with Crippen LogP contribution in [0, 0.1) is 6.92 Å². The minimum atomic E-state index is -0.961. The van der Waals surface area contributed by atoms with E-state index in [2.05, 4.69) is 21.8 Å². The Morgan fingerprint density at radius 1 is 0.880 bits per heavy atom. The molecule has 0 aliphatic rings. The lowest BCUT2D eigenvalue weighted by Gasteiger charge is -2.19. The van der Waals surface area contributed by atoms with Gasteiger partial charge in [0.1, 0.15) is 5.82 Å². The van der Waals surface area contributed by atoms with Crippen molar-refractivity contribution < 1.29 is 19.5 Å². The van der Waals surface area contributed by atoms with Crippen LogP contribution in [0.4, 0.5) is 0 Å². The highest BCUT2D eigenvalue weighted by atomic mass is 32.2. The van der Waals surface area contributed by atoms with E-state index in [0.717, 1.165) is 52.0 Å². The monoisotopic (exact) mass is 682 g/mol. The summed E-state index contributed by atoms with van der Waals surface area (Å²) < 4.78 is 2.17. The molecule has 0 saturated heterocycles. The summed E-state index contributed by atoms with van der Waals surface area (Å²) in [4.78, 5) is 47.7. The first-order valence-corrected chi connectivity index (χ1v) is 17.6. The van der Waals surface area contributed by atoms with Gasteiger partial charge in [0.05, 0.1) is 16.6 Å². The average molecular weight is 683 g/mol. The smallest absolute Gasteiger partial charge is 0.336 e. The van der Waals surface area contributed by atoms with Gasteiger partial charge in [-0.1, -0.05) is 91.5 Å². The first kappa shape index (κ1) is 34.3. The van der Waals surface area contributed by atoms with Gasteiger partial charge in [-0.3, -0.25) is 14.6 Å². The number of pyridine rings is 1. The minimum absolute atomic E-state index is 0.0887. The van der Waals surface area contributed by atoms with Gasteiger partial charge in [-0.15, -0.1) is 0 Å². The summed E-state index contributed by atoms with van der Waals surface area (Å²) in [6, 6.07) is 31.8. The second kappa shape index (κ2) is 15.8. The molecule has 1 atom stereocenters. The molecule has 2 aromatic heterocycles. The summed E-state index contributed by atoms with van der Waals surface area (Å²) in [5, 5.41) is 12.8. The lowest BCUT2D eigenvalue weighted by atomic mass is 9.98. The van der Waals surface area contributed by atoms with Crippen molar-refractivity contribution in [2.24, 2.45) is 0 Å². The van der Waals surface area contributed by atoms with Crippen molar-refractivity contribution in [2.45, 2.75) is 45.7 Å². The molecule has 0 bridgehead atoms. The molecule has 0 aliphatic heterocycles. The van der Waals surface area contributed by atoms with E-state index in [4.69, 9.17) is 4.98 Å². The fourth-order valence-corrected chi connectivity index (χ4v) is 6.96. The van der Waals surface area contributed by atoms with E-state index < -0.39 is 5.97 Å². The average Bonchev–Trinajstić information content (AvgIpc) is 3.48. The number of aromatic carboxylic acids is 1. The molecule has 0 spiro atoms. The molecule has 6 rings (SSSR count). The van der Waals surface area contributed by atoms with Crippen molar-refractivity contribution in [3.63, 3.8) is 0 Å². The molecule has 4 aromatic carbocycles. The molecule has 0 unspecified atom stereocenters. The second-order valence-electron chi connectivity index (χ2n) is 12.3. The number of thioether (sulfide) groups is 1. The van der Waals surface area contributed by atoms with E-state index in [1.165, 1.54) is 11.8 Å². The second-order valence-corrected chi connectivity index (χ2v) is 13.3. The van der Waals surface area contributed by atoms with Crippen LogP contribution in [0.3, 0.4) is 0 Å². The van der Waals surface area contributed by atoms with Gasteiger partial charge in [0.25, 0.3) is 5.91 Å². The summed E-state index contributed by atoms with van der Waals surface area (Å²) in [5.74, 6) is 0.172. The number of carboxylic acid groups (broad SMARTS) is 1. The SMILES string of the molecule is CCCc1nc2c(C)cc(C(=O)N[C@@H](CSC(=O)c3cccnc3)Cc3ccccc3)cc2n1Cc1ccc(-c2ccccc2C(=O)O)cc1. The molecule has 0 saturated carbocycles. The third-order valence-corrected chi connectivity index (χ3v) is 9.66. The number of carboxylic acids is 1. The third kappa shape index (κ3) is 8.01. The number of hydrogen-bond acceptors (Lipinski definition) is 6. The largest absolute Gasteiger partial charge is 0.478 e. The van der Waals surface area contributed by atoms with Crippen LogP contribution in [0.15, 0.2) is 116 Å². The van der Waals surface area contributed by atoms with Gasteiger partial charge >= 0.3 is 5.97 Å². The van der Waals surface area contributed by atoms with Crippen molar-refractivity contribution in [1.29, 1.82) is 0 Å². The highest BCUT2D eigenvalue weighted by molar-refractivity contribution is 8.14. The third-order valence-electron chi connectivity index (χ3n) is 8.60. The number of amides is 1. The Kier molecular flexibility index (Phi) is 10.8. The number of imidazole rings is 1. The van der Waals surface area contributed by atoms with Crippen LogP contribution in [0.5, 0.6) is 0 Å². The summed E-state index contributed by atoms with van der Waals surface area (Å²) in [6.45, 7) is 4.64. The number of aromatic nitrogens is 3. The van der Waals surface area contributed by atoms with E-state index in [1.54, 1.807) is 36.7 Å². The van der Waals surface area contributed by atoms with E-state index in [-0.39, 0.29) is 22.6 Å². The molecule has 2 N–H and O–H groups in total. The van der Waals surface area contributed by atoms with Crippen molar-refractivity contribution in [1.82, 2.24) is 19.9 Å². The maximum atomic E-state index is 13.9. The van der Waals surface area contributed by atoms with Crippen LogP contribution < -0.4 is 5.32 Å². The number of rotatable bonds is 13. The fraction of sp³-hybridized carbons (Fsp3) is 0.195. The Morgan fingerprint density at radius 2 is 1.64 bits per heavy atom. The van der Waals surface area contributed by atoms with Crippen LogP contribution in [-0.4, -0.2) is 48.4 Å². The van der Waals surface area contributed by atoms with Crippen LogP contribution in [0.2, 0.25) is 0 Å². The number of hydrogen-bond donors (Lipinski definition) is 2. The Labute approximate surface area is 295 Å².